The first kappa shape index (κ1) is 12.9. The largest absolute Gasteiger partial charge is 0.391 e. The van der Waals surface area contributed by atoms with Gasteiger partial charge in [0.25, 0.3) is 0 Å². The van der Waals surface area contributed by atoms with Crippen molar-refractivity contribution in [1.29, 1.82) is 0 Å². The number of ether oxygens (including phenoxy) is 2. The van der Waals surface area contributed by atoms with E-state index in [2.05, 4.69) is 6.92 Å². The van der Waals surface area contributed by atoms with Crippen LogP contribution in [0, 0.1) is 0 Å². The van der Waals surface area contributed by atoms with E-state index in [1.54, 1.807) is 14.0 Å². The van der Waals surface area contributed by atoms with Crippen LogP contribution >= 0.6 is 0 Å². The second-order valence-electron chi connectivity index (χ2n) is 3.45. The highest BCUT2D eigenvalue weighted by Gasteiger charge is 2.15. The summed E-state index contributed by atoms with van der Waals surface area (Å²) in [6.07, 6.45) is 1.56. The summed E-state index contributed by atoms with van der Waals surface area (Å²) in [4.78, 5) is 0. The minimum Gasteiger partial charge on any atom is -0.391 e. The molecule has 0 bridgehead atoms. The zero-order valence-electron chi connectivity index (χ0n) is 9.12. The van der Waals surface area contributed by atoms with Gasteiger partial charge in [-0.3, -0.25) is 0 Å². The number of methoxy groups -OCH3 is 1. The van der Waals surface area contributed by atoms with E-state index in [1.165, 1.54) is 0 Å². The van der Waals surface area contributed by atoms with Gasteiger partial charge in [-0.25, -0.2) is 0 Å². The summed E-state index contributed by atoms with van der Waals surface area (Å²) in [5.74, 6) is 0. The van der Waals surface area contributed by atoms with E-state index < -0.39 is 6.10 Å². The third kappa shape index (κ3) is 6.02. The van der Waals surface area contributed by atoms with Crippen LogP contribution in [0.3, 0.4) is 0 Å². The molecule has 0 heterocycles. The standard InChI is InChI=1S/C10H22O3/c1-5-6-10(9(3)11)13-7-8(2)12-4/h8-11H,5-7H2,1-4H3/t8?,9-,10-/m1/s1. The van der Waals surface area contributed by atoms with Crippen LogP contribution in [-0.4, -0.2) is 37.1 Å². The minimum absolute atomic E-state index is 0.0531. The zero-order valence-corrected chi connectivity index (χ0v) is 9.12. The molecule has 0 rings (SSSR count). The molecule has 13 heavy (non-hydrogen) atoms. The molecule has 1 unspecified atom stereocenters. The number of aliphatic hydroxyl groups is 1. The molecule has 0 amide bonds. The Hall–Kier alpha value is -0.120. The normalized spacial score (nSPS) is 18.2. The van der Waals surface area contributed by atoms with E-state index in [4.69, 9.17) is 9.47 Å². The lowest BCUT2D eigenvalue weighted by atomic mass is 10.1. The Morgan fingerprint density at radius 1 is 1.31 bits per heavy atom. The SMILES string of the molecule is CCC[C@@H](OCC(C)OC)[C@@H](C)O. The molecule has 0 aliphatic heterocycles. The van der Waals surface area contributed by atoms with Crippen LogP contribution in [0.4, 0.5) is 0 Å². The maximum Gasteiger partial charge on any atom is 0.0832 e. The van der Waals surface area contributed by atoms with Crippen LogP contribution in [0.15, 0.2) is 0 Å². The molecule has 0 saturated carbocycles. The Morgan fingerprint density at radius 3 is 2.31 bits per heavy atom. The van der Waals surface area contributed by atoms with Gasteiger partial charge in [0.2, 0.25) is 0 Å². The number of hydrogen-bond donors (Lipinski definition) is 1. The second-order valence-corrected chi connectivity index (χ2v) is 3.45. The highest BCUT2D eigenvalue weighted by atomic mass is 16.5. The summed E-state index contributed by atoms with van der Waals surface area (Å²) in [6.45, 7) is 6.34. The van der Waals surface area contributed by atoms with Gasteiger partial charge in [0.15, 0.2) is 0 Å². The molecule has 0 aromatic rings. The summed E-state index contributed by atoms with van der Waals surface area (Å²) < 4.78 is 10.6. The summed E-state index contributed by atoms with van der Waals surface area (Å²) >= 11 is 0. The fourth-order valence-corrected chi connectivity index (χ4v) is 1.08. The smallest absolute Gasteiger partial charge is 0.0832 e. The summed E-state index contributed by atoms with van der Waals surface area (Å²) in [7, 11) is 1.66. The van der Waals surface area contributed by atoms with Gasteiger partial charge < -0.3 is 14.6 Å². The average Bonchev–Trinajstić information content (AvgIpc) is 2.11. The first-order chi connectivity index (χ1) is 6.11. The first-order valence-electron chi connectivity index (χ1n) is 4.94. The number of rotatable bonds is 7. The summed E-state index contributed by atoms with van der Waals surface area (Å²) in [5, 5.41) is 9.36. The Balaban J connectivity index is 3.68. The highest BCUT2D eigenvalue weighted by molar-refractivity contribution is 4.64. The third-order valence-corrected chi connectivity index (χ3v) is 2.06. The van der Waals surface area contributed by atoms with Crippen LogP contribution in [-0.2, 0) is 9.47 Å². The fourth-order valence-electron chi connectivity index (χ4n) is 1.08. The molecule has 0 spiro atoms. The van der Waals surface area contributed by atoms with E-state index in [-0.39, 0.29) is 12.2 Å². The summed E-state index contributed by atoms with van der Waals surface area (Å²) in [5.41, 5.74) is 0. The van der Waals surface area contributed by atoms with Crippen LogP contribution in [0.2, 0.25) is 0 Å². The van der Waals surface area contributed by atoms with Crippen molar-refractivity contribution in [1.82, 2.24) is 0 Å². The van der Waals surface area contributed by atoms with E-state index in [0.717, 1.165) is 12.8 Å². The van der Waals surface area contributed by atoms with Gasteiger partial charge in [0.1, 0.15) is 0 Å². The Bertz CT molecular complexity index is 115. The van der Waals surface area contributed by atoms with Crippen molar-refractivity contribution in [3.63, 3.8) is 0 Å². The molecule has 1 N–H and O–H groups in total. The molecule has 0 aromatic carbocycles. The first-order valence-corrected chi connectivity index (χ1v) is 4.94. The molecule has 0 aliphatic carbocycles. The zero-order chi connectivity index (χ0) is 10.3. The topological polar surface area (TPSA) is 38.7 Å². The highest BCUT2D eigenvalue weighted by Crippen LogP contribution is 2.08. The minimum atomic E-state index is -0.399. The second kappa shape index (κ2) is 7.30. The van der Waals surface area contributed by atoms with Crippen molar-refractivity contribution >= 4 is 0 Å². The number of aliphatic hydroxyl groups excluding tert-OH is 1. The van der Waals surface area contributed by atoms with Crippen LogP contribution in [0.1, 0.15) is 33.6 Å². The molecule has 0 saturated heterocycles. The molecule has 0 aromatic heterocycles. The van der Waals surface area contributed by atoms with Gasteiger partial charge in [-0.15, -0.1) is 0 Å². The van der Waals surface area contributed by atoms with Crippen molar-refractivity contribution in [2.75, 3.05) is 13.7 Å². The molecule has 3 atom stereocenters. The van der Waals surface area contributed by atoms with Crippen molar-refractivity contribution in [3.8, 4) is 0 Å². The molecular formula is C10H22O3. The lowest BCUT2D eigenvalue weighted by Gasteiger charge is -2.21. The van der Waals surface area contributed by atoms with Crippen molar-refractivity contribution in [2.45, 2.75) is 51.9 Å². The van der Waals surface area contributed by atoms with Crippen molar-refractivity contribution < 1.29 is 14.6 Å². The maximum atomic E-state index is 9.36. The summed E-state index contributed by atoms with van der Waals surface area (Å²) in [6, 6.07) is 0. The van der Waals surface area contributed by atoms with E-state index in [0.29, 0.717) is 6.61 Å². The lowest BCUT2D eigenvalue weighted by Crippen LogP contribution is -2.29. The molecule has 80 valence electrons. The molecule has 0 radical (unpaired) electrons. The van der Waals surface area contributed by atoms with Gasteiger partial charge in [0.05, 0.1) is 24.9 Å². The lowest BCUT2D eigenvalue weighted by molar-refractivity contribution is -0.0682. The molecule has 0 fully saturated rings. The predicted molar refractivity (Wildman–Crippen MR) is 52.8 cm³/mol. The van der Waals surface area contributed by atoms with E-state index in [1.807, 2.05) is 6.92 Å². The molecular weight excluding hydrogens is 168 g/mol. The van der Waals surface area contributed by atoms with Crippen molar-refractivity contribution in [2.24, 2.45) is 0 Å². The van der Waals surface area contributed by atoms with Crippen LogP contribution < -0.4 is 0 Å². The van der Waals surface area contributed by atoms with Gasteiger partial charge in [0, 0.05) is 7.11 Å². The Morgan fingerprint density at radius 2 is 1.92 bits per heavy atom. The Labute approximate surface area is 81.0 Å². The Kier molecular flexibility index (Phi) is 7.23. The van der Waals surface area contributed by atoms with Gasteiger partial charge >= 0.3 is 0 Å². The van der Waals surface area contributed by atoms with Gasteiger partial charge in [-0.05, 0) is 20.3 Å². The molecule has 3 nitrogen and oxygen atoms in total. The third-order valence-electron chi connectivity index (χ3n) is 2.06. The fraction of sp³-hybridized carbons (Fsp3) is 1.00. The van der Waals surface area contributed by atoms with E-state index in [9.17, 15) is 5.11 Å². The molecule has 3 heteroatoms. The quantitative estimate of drug-likeness (QED) is 0.662. The predicted octanol–water partition coefficient (Wildman–Crippen LogP) is 1.59. The maximum absolute atomic E-state index is 9.36. The average molecular weight is 190 g/mol. The van der Waals surface area contributed by atoms with Gasteiger partial charge in [-0.2, -0.15) is 0 Å². The van der Waals surface area contributed by atoms with Gasteiger partial charge in [-0.1, -0.05) is 13.3 Å². The molecule has 0 aliphatic rings. The number of hydrogen-bond acceptors (Lipinski definition) is 3. The van der Waals surface area contributed by atoms with Crippen molar-refractivity contribution in [3.05, 3.63) is 0 Å². The van der Waals surface area contributed by atoms with Crippen LogP contribution in [0.25, 0.3) is 0 Å². The van der Waals surface area contributed by atoms with Crippen LogP contribution in [0.5, 0.6) is 0 Å². The van der Waals surface area contributed by atoms with E-state index >= 15 is 0 Å². The monoisotopic (exact) mass is 190 g/mol.